The molecular formula is C13H13BrN2OS. The molecule has 5 heteroatoms. The third-order valence-corrected chi connectivity index (χ3v) is 3.75. The standard InChI is InChI=1S/C13H13BrN2OS/c14-10-3-1-4-11(9-10)16-13(17)15-7-6-12-5-2-8-18-12/h1-5,8-9H,6-7H2,(H2,15,16,17). The van der Waals surface area contributed by atoms with Crippen molar-refractivity contribution in [2.75, 3.05) is 11.9 Å². The molecule has 1 aromatic heterocycles. The normalized spacial score (nSPS) is 10.1. The third kappa shape index (κ3) is 4.16. The van der Waals surface area contributed by atoms with E-state index in [2.05, 4.69) is 32.6 Å². The molecule has 0 bridgehead atoms. The van der Waals surface area contributed by atoms with Crippen molar-refractivity contribution in [1.29, 1.82) is 0 Å². The lowest BCUT2D eigenvalue weighted by molar-refractivity contribution is 0.252. The van der Waals surface area contributed by atoms with E-state index < -0.39 is 0 Å². The van der Waals surface area contributed by atoms with E-state index in [9.17, 15) is 4.79 Å². The molecule has 94 valence electrons. The van der Waals surface area contributed by atoms with Gasteiger partial charge in [-0.15, -0.1) is 11.3 Å². The van der Waals surface area contributed by atoms with Gasteiger partial charge in [0.1, 0.15) is 0 Å². The van der Waals surface area contributed by atoms with Crippen LogP contribution in [0.25, 0.3) is 0 Å². The summed E-state index contributed by atoms with van der Waals surface area (Å²) in [6.45, 7) is 0.639. The minimum Gasteiger partial charge on any atom is -0.338 e. The van der Waals surface area contributed by atoms with E-state index in [1.807, 2.05) is 35.7 Å². The molecule has 2 aromatic rings. The van der Waals surface area contributed by atoms with Crippen molar-refractivity contribution in [3.63, 3.8) is 0 Å². The lowest BCUT2D eigenvalue weighted by atomic mass is 10.3. The zero-order valence-electron chi connectivity index (χ0n) is 9.65. The first-order valence-electron chi connectivity index (χ1n) is 5.57. The third-order valence-electron chi connectivity index (χ3n) is 2.32. The molecule has 0 aliphatic carbocycles. The van der Waals surface area contributed by atoms with Crippen LogP contribution < -0.4 is 10.6 Å². The largest absolute Gasteiger partial charge is 0.338 e. The highest BCUT2D eigenvalue weighted by molar-refractivity contribution is 9.10. The van der Waals surface area contributed by atoms with Crippen molar-refractivity contribution in [1.82, 2.24) is 5.32 Å². The highest BCUT2D eigenvalue weighted by Gasteiger charge is 2.01. The van der Waals surface area contributed by atoms with Gasteiger partial charge in [0.05, 0.1) is 0 Å². The van der Waals surface area contributed by atoms with Gasteiger partial charge < -0.3 is 10.6 Å². The molecule has 0 aliphatic rings. The molecule has 0 saturated heterocycles. The number of rotatable bonds is 4. The summed E-state index contributed by atoms with van der Waals surface area (Å²) in [6, 6.07) is 11.4. The van der Waals surface area contributed by atoms with Gasteiger partial charge in [-0.3, -0.25) is 0 Å². The molecule has 0 unspecified atom stereocenters. The zero-order valence-corrected chi connectivity index (χ0v) is 12.1. The van der Waals surface area contributed by atoms with E-state index in [0.29, 0.717) is 6.54 Å². The molecule has 18 heavy (non-hydrogen) atoms. The highest BCUT2D eigenvalue weighted by atomic mass is 79.9. The van der Waals surface area contributed by atoms with Gasteiger partial charge in [0.15, 0.2) is 0 Å². The van der Waals surface area contributed by atoms with Gasteiger partial charge in [-0.2, -0.15) is 0 Å². The molecule has 0 atom stereocenters. The molecule has 0 aliphatic heterocycles. The summed E-state index contributed by atoms with van der Waals surface area (Å²) < 4.78 is 0.943. The zero-order chi connectivity index (χ0) is 12.8. The van der Waals surface area contributed by atoms with E-state index in [1.165, 1.54) is 4.88 Å². The number of thiophene rings is 1. The second-order valence-electron chi connectivity index (χ2n) is 3.72. The first kappa shape index (κ1) is 13.1. The molecule has 0 saturated carbocycles. The quantitative estimate of drug-likeness (QED) is 0.880. The summed E-state index contributed by atoms with van der Waals surface area (Å²) in [5.41, 5.74) is 0.776. The molecule has 1 heterocycles. The number of hydrogen-bond acceptors (Lipinski definition) is 2. The van der Waals surface area contributed by atoms with Crippen molar-refractivity contribution in [2.24, 2.45) is 0 Å². The number of amides is 2. The van der Waals surface area contributed by atoms with Crippen molar-refractivity contribution in [2.45, 2.75) is 6.42 Å². The number of anilines is 1. The van der Waals surface area contributed by atoms with Crippen molar-refractivity contribution < 1.29 is 4.79 Å². The number of carbonyl (C=O) groups excluding carboxylic acids is 1. The smallest absolute Gasteiger partial charge is 0.319 e. The molecule has 2 N–H and O–H groups in total. The predicted octanol–water partition coefficient (Wildman–Crippen LogP) is 3.87. The Balaban J connectivity index is 1.75. The highest BCUT2D eigenvalue weighted by Crippen LogP contribution is 2.15. The van der Waals surface area contributed by atoms with Crippen LogP contribution in [0.2, 0.25) is 0 Å². The Hall–Kier alpha value is -1.33. The van der Waals surface area contributed by atoms with Crippen LogP contribution in [0.15, 0.2) is 46.3 Å². The maximum atomic E-state index is 11.6. The van der Waals surface area contributed by atoms with Crippen LogP contribution >= 0.6 is 27.3 Å². The van der Waals surface area contributed by atoms with Crippen LogP contribution in [0.1, 0.15) is 4.88 Å². The maximum absolute atomic E-state index is 11.6. The van der Waals surface area contributed by atoms with Gasteiger partial charge in [-0.25, -0.2) is 4.79 Å². The van der Waals surface area contributed by atoms with Crippen LogP contribution in [0.5, 0.6) is 0 Å². The molecule has 0 radical (unpaired) electrons. The fourth-order valence-corrected chi connectivity index (χ4v) is 2.60. The van der Waals surface area contributed by atoms with Gasteiger partial charge in [0.25, 0.3) is 0 Å². The van der Waals surface area contributed by atoms with E-state index in [4.69, 9.17) is 0 Å². The van der Waals surface area contributed by atoms with E-state index in [1.54, 1.807) is 11.3 Å². The van der Waals surface area contributed by atoms with Crippen LogP contribution in [0, 0.1) is 0 Å². The van der Waals surface area contributed by atoms with Crippen molar-refractivity contribution >= 4 is 39.0 Å². The number of urea groups is 1. The molecule has 2 rings (SSSR count). The van der Waals surface area contributed by atoms with Crippen molar-refractivity contribution in [3.05, 3.63) is 51.1 Å². The van der Waals surface area contributed by atoms with Gasteiger partial charge in [0.2, 0.25) is 0 Å². The Morgan fingerprint density at radius 3 is 2.89 bits per heavy atom. The molecule has 3 nitrogen and oxygen atoms in total. The first-order valence-corrected chi connectivity index (χ1v) is 7.24. The molecule has 1 aromatic carbocycles. The summed E-state index contributed by atoms with van der Waals surface area (Å²) >= 11 is 5.06. The van der Waals surface area contributed by atoms with Crippen molar-refractivity contribution in [3.8, 4) is 0 Å². The molecular weight excluding hydrogens is 312 g/mol. The van der Waals surface area contributed by atoms with Crippen LogP contribution in [0.4, 0.5) is 10.5 Å². The number of carbonyl (C=O) groups is 1. The molecule has 0 spiro atoms. The second kappa shape index (κ2) is 6.56. The van der Waals surface area contributed by atoms with Crippen LogP contribution in [-0.4, -0.2) is 12.6 Å². The molecule has 2 amide bonds. The Labute approximate surface area is 118 Å². The minimum atomic E-state index is -0.176. The Bertz CT molecular complexity index is 513. The Morgan fingerprint density at radius 1 is 1.28 bits per heavy atom. The topological polar surface area (TPSA) is 41.1 Å². The monoisotopic (exact) mass is 324 g/mol. The summed E-state index contributed by atoms with van der Waals surface area (Å²) in [6.07, 6.45) is 0.865. The summed E-state index contributed by atoms with van der Waals surface area (Å²) in [4.78, 5) is 12.9. The second-order valence-corrected chi connectivity index (χ2v) is 5.67. The van der Waals surface area contributed by atoms with E-state index >= 15 is 0 Å². The van der Waals surface area contributed by atoms with Gasteiger partial charge in [-0.1, -0.05) is 28.1 Å². The van der Waals surface area contributed by atoms with Gasteiger partial charge >= 0.3 is 6.03 Å². The fraction of sp³-hybridized carbons (Fsp3) is 0.154. The average Bonchev–Trinajstić information content (AvgIpc) is 2.82. The number of hydrogen-bond donors (Lipinski definition) is 2. The van der Waals surface area contributed by atoms with E-state index in [-0.39, 0.29) is 6.03 Å². The fourth-order valence-electron chi connectivity index (χ4n) is 1.50. The minimum absolute atomic E-state index is 0.176. The lowest BCUT2D eigenvalue weighted by Crippen LogP contribution is -2.30. The Kier molecular flexibility index (Phi) is 4.78. The summed E-state index contributed by atoms with van der Waals surface area (Å²) in [5.74, 6) is 0. The number of halogens is 1. The van der Waals surface area contributed by atoms with Crippen LogP contribution in [-0.2, 0) is 6.42 Å². The lowest BCUT2D eigenvalue weighted by Gasteiger charge is -2.07. The number of benzene rings is 1. The van der Waals surface area contributed by atoms with E-state index in [0.717, 1.165) is 16.6 Å². The summed E-state index contributed by atoms with van der Waals surface area (Å²) in [5, 5.41) is 7.65. The van der Waals surface area contributed by atoms with Gasteiger partial charge in [-0.05, 0) is 36.1 Å². The van der Waals surface area contributed by atoms with Gasteiger partial charge in [0, 0.05) is 21.6 Å². The Morgan fingerprint density at radius 2 is 2.17 bits per heavy atom. The average molecular weight is 325 g/mol. The predicted molar refractivity (Wildman–Crippen MR) is 79.2 cm³/mol. The number of nitrogens with one attached hydrogen (secondary N) is 2. The molecule has 0 fully saturated rings. The summed E-state index contributed by atoms with van der Waals surface area (Å²) in [7, 11) is 0. The SMILES string of the molecule is O=C(NCCc1cccs1)Nc1cccc(Br)c1. The van der Waals surface area contributed by atoms with Crippen LogP contribution in [0.3, 0.4) is 0 Å². The first-order chi connectivity index (χ1) is 8.74. The maximum Gasteiger partial charge on any atom is 0.319 e.